The van der Waals surface area contributed by atoms with Crippen molar-refractivity contribution in [3.8, 4) is 0 Å². The standard InChI is InChI=1S/C38H77N/c1-5-7-9-11-13-14-15-16-17-18-19-20-21-22-23-24-25-26-27-28-29-31-33-35-37-38(39(3)4)36-34-32-30-12-10-8-6-2/h21-22,38H,5-20,23-37H2,1-4H3/b22-21-. The molecule has 0 rings (SSSR count). The number of allylic oxidation sites excluding steroid dienone is 2. The van der Waals surface area contributed by atoms with Gasteiger partial charge in [-0.15, -0.1) is 0 Å². The van der Waals surface area contributed by atoms with E-state index in [9.17, 15) is 0 Å². The van der Waals surface area contributed by atoms with Crippen molar-refractivity contribution in [2.45, 2.75) is 219 Å². The highest BCUT2D eigenvalue weighted by Crippen LogP contribution is 2.18. The first-order valence-corrected chi connectivity index (χ1v) is 18.5. The fourth-order valence-electron chi connectivity index (χ4n) is 6.04. The van der Waals surface area contributed by atoms with Gasteiger partial charge < -0.3 is 4.90 Å². The van der Waals surface area contributed by atoms with E-state index in [-0.39, 0.29) is 0 Å². The van der Waals surface area contributed by atoms with Gasteiger partial charge in [-0.05, 0) is 52.6 Å². The lowest BCUT2D eigenvalue weighted by Crippen LogP contribution is -2.27. The van der Waals surface area contributed by atoms with Crippen molar-refractivity contribution < 1.29 is 0 Å². The van der Waals surface area contributed by atoms with E-state index in [4.69, 9.17) is 0 Å². The smallest absolute Gasteiger partial charge is 0.00891 e. The van der Waals surface area contributed by atoms with Gasteiger partial charge in [-0.2, -0.15) is 0 Å². The van der Waals surface area contributed by atoms with E-state index in [1.54, 1.807) is 0 Å². The number of rotatable bonds is 33. The predicted octanol–water partition coefficient (Wildman–Crippen LogP) is 13.6. The molecule has 0 aliphatic carbocycles. The zero-order chi connectivity index (χ0) is 28.5. The van der Waals surface area contributed by atoms with Gasteiger partial charge in [0.05, 0.1) is 0 Å². The molecule has 1 unspecified atom stereocenters. The molecule has 0 fully saturated rings. The SMILES string of the molecule is CCCCCCCCCCCCC/C=C\CCCCCCCCCCCC(CCCCCCCCC)N(C)C. The molecular formula is C38H77N. The van der Waals surface area contributed by atoms with Gasteiger partial charge in [0.1, 0.15) is 0 Å². The van der Waals surface area contributed by atoms with Crippen molar-refractivity contribution in [1.29, 1.82) is 0 Å². The Bertz CT molecular complexity index is 454. The van der Waals surface area contributed by atoms with Gasteiger partial charge in [-0.25, -0.2) is 0 Å². The molecule has 39 heavy (non-hydrogen) atoms. The summed E-state index contributed by atoms with van der Waals surface area (Å²) in [6.07, 6.45) is 49.3. The lowest BCUT2D eigenvalue weighted by Gasteiger charge is -2.24. The Morgan fingerprint density at radius 2 is 0.615 bits per heavy atom. The molecule has 1 atom stereocenters. The third-order valence-electron chi connectivity index (χ3n) is 8.92. The van der Waals surface area contributed by atoms with Crippen LogP contribution in [0.4, 0.5) is 0 Å². The van der Waals surface area contributed by atoms with Gasteiger partial charge in [0, 0.05) is 6.04 Å². The summed E-state index contributed by atoms with van der Waals surface area (Å²) in [5, 5.41) is 0. The summed E-state index contributed by atoms with van der Waals surface area (Å²) >= 11 is 0. The second-order valence-corrected chi connectivity index (χ2v) is 13.1. The van der Waals surface area contributed by atoms with Crippen molar-refractivity contribution >= 4 is 0 Å². The lowest BCUT2D eigenvalue weighted by atomic mass is 9.99. The van der Waals surface area contributed by atoms with Crippen molar-refractivity contribution in [2.75, 3.05) is 14.1 Å². The van der Waals surface area contributed by atoms with E-state index in [1.165, 1.54) is 199 Å². The minimum Gasteiger partial charge on any atom is -0.306 e. The molecule has 0 aromatic heterocycles. The highest BCUT2D eigenvalue weighted by Gasteiger charge is 2.10. The number of nitrogens with zero attached hydrogens (tertiary/aromatic N) is 1. The number of hydrogen-bond acceptors (Lipinski definition) is 1. The van der Waals surface area contributed by atoms with E-state index < -0.39 is 0 Å². The van der Waals surface area contributed by atoms with E-state index >= 15 is 0 Å². The highest BCUT2D eigenvalue weighted by atomic mass is 15.1. The Labute approximate surface area is 249 Å². The van der Waals surface area contributed by atoms with Gasteiger partial charge in [0.2, 0.25) is 0 Å². The molecule has 1 nitrogen and oxygen atoms in total. The average Bonchev–Trinajstić information content (AvgIpc) is 2.93. The van der Waals surface area contributed by atoms with Crippen molar-refractivity contribution in [3.05, 3.63) is 12.2 Å². The zero-order valence-corrected chi connectivity index (χ0v) is 28.1. The van der Waals surface area contributed by atoms with Crippen LogP contribution < -0.4 is 0 Å². The third kappa shape index (κ3) is 32.1. The molecule has 0 bridgehead atoms. The lowest BCUT2D eigenvalue weighted by molar-refractivity contribution is 0.251. The molecule has 0 aromatic rings. The van der Waals surface area contributed by atoms with Crippen molar-refractivity contribution in [1.82, 2.24) is 4.90 Å². The molecule has 0 spiro atoms. The normalized spacial score (nSPS) is 12.7. The summed E-state index contributed by atoms with van der Waals surface area (Å²) < 4.78 is 0. The van der Waals surface area contributed by atoms with E-state index in [0.717, 1.165) is 6.04 Å². The minimum absolute atomic E-state index is 0.814. The summed E-state index contributed by atoms with van der Waals surface area (Å²) in [5.74, 6) is 0. The summed E-state index contributed by atoms with van der Waals surface area (Å²) in [7, 11) is 4.59. The topological polar surface area (TPSA) is 3.24 Å². The van der Waals surface area contributed by atoms with E-state index in [1.807, 2.05) is 0 Å². The van der Waals surface area contributed by atoms with Crippen LogP contribution in [0.2, 0.25) is 0 Å². The first kappa shape index (κ1) is 38.7. The zero-order valence-electron chi connectivity index (χ0n) is 28.1. The maximum Gasteiger partial charge on any atom is 0.00891 e. The molecule has 0 amide bonds. The van der Waals surface area contributed by atoms with Crippen LogP contribution in [0.1, 0.15) is 213 Å². The molecule has 0 saturated heterocycles. The fraction of sp³-hybridized carbons (Fsp3) is 0.947. The summed E-state index contributed by atoms with van der Waals surface area (Å²) in [5.41, 5.74) is 0. The van der Waals surface area contributed by atoms with E-state index in [0.29, 0.717) is 0 Å². The van der Waals surface area contributed by atoms with E-state index in [2.05, 4.69) is 45.0 Å². The molecule has 0 N–H and O–H groups in total. The van der Waals surface area contributed by atoms with Gasteiger partial charge >= 0.3 is 0 Å². The molecule has 1 heteroatoms. The molecule has 0 aliphatic rings. The van der Waals surface area contributed by atoms with Crippen LogP contribution >= 0.6 is 0 Å². The van der Waals surface area contributed by atoms with Gasteiger partial charge in [-0.1, -0.05) is 187 Å². The molecule has 234 valence electrons. The van der Waals surface area contributed by atoms with Crippen LogP contribution in [0.25, 0.3) is 0 Å². The van der Waals surface area contributed by atoms with Crippen LogP contribution in [0.3, 0.4) is 0 Å². The predicted molar refractivity (Wildman–Crippen MR) is 181 cm³/mol. The maximum atomic E-state index is 2.49. The number of unbranched alkanes of at least 4 members (excludes halogenated alkanes) is 26. The largest absolute Gasteiger partial charge is 0.306 e. The first-order chi connectivity index (χ1) is 19.2. The monoisotopic (exact) mass is 548 g/mol. The van der Waals surface area contributed by atoms with Gasteiger partial charge in [0.25, 0.3) is 0 Å². The molecular weight excluding hydrogens is 470 g/mol. The molecule has 0 saturated carbocycles. The highest BCUT2D eigenvalue weighted by molar-refractivity contribution is 4.81. The second kappa shape index (κ2) is 33.9. The van der Waals surface area contributed by atoms with Crippen LogP contribution in [0, 0.1) is 0 Å². The van der Waals surface area contributed by atoms with Gasteiger partial charge in [0.15, 0.2) is 0 Å². The molecule has 0 aromatic carbocycles. The van der Waals surface area contributed by atoms with Gasteiger partial charge in [-0.3, -0.25) is 0 Å². The second-order valence-electron chi connectivity index (χ2n) is 13.1. The Hall–Kier alpha value is -0.300. The Morgan fingerprint density at radius 3 is 0.897 bits per heavy atom. The molecule has 0 radical (unpaired) electrons. The Balaban J connectivity index is 3.33. The third-order valence-corrected chi connectivity index (χ3v) is 8.92. The van der Waals surface area contributed by atoms with Crippen LogP contribution in [-0.2, 0) is 0 Å². The quantitative estimate of drug-likeness (QED) is 0.0583. The Morgan fingerprint density at radius 1 is 0.359 bits per heavy atom. The molecule has 0 aliphatic heterocycles. The van der Waals surface area contributed by atoms with Crippen molar-refractivity contribution in [3.63, 3.8) is 0 Å². The van der Waals surface area contributed by atoms with Crippen molar-refractivity contribution in [2.24, 2.45) is 0 Å². The first-order valence-electron chi connectivity index (χ1n) is 18.5. The fourth-order valence-corrected chi connectivity index (χ4v) is 6.04. The number of hydrogen-bond donors (Lipinski definition) is 0. The molecule has 0 heterocycles. The summed E-state index contributed by atoms with van der Waals surface area (Å²) in [6, 6.07) is 0.814. The Kier molecular flexibility index (Phi) is 33.6. The summed E-state index contributed by atoms with van der Waals surface area (Å²) in [6.45, 7) is 4.61. The van der Waals surface area contributed by atoms with Crippen LogP contribution in [-0.4, -0.2) is 25.0 Å². The maximum absolute atomic E-state index is 2.49. The van der Waals surface area contributed by atoms with Crippen LogP contribution in [0.15, 0.2) is 12.2 Å². The average molecular weight is 548 g/mol. The van der Waals surface area contributed by atoms with Crippen LogP contribution in [0.5, 0.6) is 0 Å². The summed E-state index contributed by atoms with van der Waals surface area (Å²) in [4.78, 5) is 2.49. The minimum atomic E-state index is 0.814.